The average Bonchev–Trinajstić information content (AvgIpc) is 0.753. The molecule has 6 aliphatic rings. The topological polar surface area (TPSA) is 930 Å². The van der Waals surface area contributed by atoms with Gasteiger partial charge in [-0.05, 0) is 36.4 Å². The van der Waals surface area contributed by atoms with Crippen LogP contribution in [0.2, 0.25) is 0 Å². The van der Waals surface area contributed by atoms with E-state index in [0.717, 1.165) is 72.8 Å². The van der Waals surface area contributed by atoms with Crippen molar-refractivity contribution in [2.24, 2.45) is 0 Å². The van der Waals surface area contributed by atoms with Gasteiger partial charge in [-0.3, -0.25) is 14.4 Å². The fourth-order valence-corrected chi connectivity index (χ4v) is 15.2. The number of hydrogen-bond donors (Lipinski definition) is 36. The minimum atomic E-state index is -2.10. The summed E-state index contributed by atoms with van der Waals surface area (Å²) in [5.41, 5.74) is -5.40. The van der Waals surface area contributed by atoms with Gasteiger partial charge in [0.2, 0.25) is 52.4 Å². The van der Waals surface area contributed by atoms with E-state index in [1.54, 1.807) is 0 Å². The molecule has 36 N–H and O–H groups in total. The van der Waals surface area contributed by atoms with Crippen LogP contribution in [0.1, 0.15) is 5.71 Å². The van der Waals surface area contributed by atoms with Gasteiger partial charge in [0.05, 0.1) is 39.6 Å². The zero-order valence-corrected chi connectivity index (χ0v) is 78.5. The Morgan fingerprint density at radius 1 is 0.254 bits per heavy atom. The molecule has 138 heavy (non-hydrogen) atoms. The fourth-order valence-electron chi connectivity index (χ4n) is 15.2. The number of aromatic hydroxyl groups is 15. The van der Waals surface area contributed by atoms with Crippen LogP contribution in [0, 0.1) is 0 Å². The Labute approximate surface area is 868 Å². The summed E-state index contributed by atoms with van der Waals surface area (Å²) in [5, 5.41) is 364. The van der Waals surface area contributed by atoms with E-state index in [2.05, 4.69) is 0 Å². The monoisotopic (exact) mass is 2030 g/mol. The van der Waals surface area contributed by atoms with Crippen molar-refractivity contribution in [3.63, 3.8) is 0 Å². The van der Waals surface area contributed by atoms with Gasteiger partial charge in [0, 0.05) is 53.1 Å². The third kappa shape index (κ3) is 22.4. The molecule has 0 radical (unpaired) electrons. The Morgan fingerprint density at radius 2 is 0.449 bits per heavy atom. The van der Waals surface area contributed by atoms with E-state index in [9.17, 15) is 198 Å². The van der Waals surface area contributed by atoms with Crippen LogP contribution in [-0.2, 0) is 42.6 Å². The fraction of sp³-hybridized carbons (Fsp3) is 0.444. The Hall–Kier alpha value is -7.95. The summed E-state index contributed by atoms with van der Waals surface area (Å²) < 4.78 is 82.8. The first kappa shape index (κ1) is 112. The maximum absolute atomic E-state index is 13.6. The Kier molecular flexibility index (Phi) is 37.5. The molecule has 6 aliphatic heterocycles. The average molecular weight is 2030 g/mol. The van der Waals surface area contributed by atoms with E-state index >= 15 is 0 Å². The minimum Gasteiger partial charge on any atom is -1.00 e. The van der Waals surface area contributed by atoms with Gasteiger partial charge in [-0.1, -0.05) is 0 Å². The van der Waals surface area contributed by atoms with Crippen molar-refractivity contribution in [1.82, 2.24) is 0 Å². The van der Waals surface area contributed by atoms with E-state index in [-0.39, 0.29) is 141 Å². The second-order valence-corrected chi connectivity index (χ2v) is 31.2. The molecule has 6 aromatic carbocycles. The molecular weight excluding hydrogens is 1940 g/mol. The van der Waals surface area contributed by atoms with Crippen molar-refractivity contribution in [1.29, 1.82) is 0 Å². The van der Waals surface area contributed by atoms with Crippen molar-refractivity contribution >= 4 is 70.6 Å². The van der Waals surface area contributed by atoms with Crippen molar-refractivity contribution < 1.29 is 341 Å². The first-order valence-electron chi connectivity index (χ1n) is 39.9. The number of phenols is 15. The molecule has 746 valence electrons. The number of hydrogen-bond acceptors (Lipinski definition) is 54. The summed E-state index contributed by atoms with van der Waals surface area (Å²) >= 11 is 0. The number of phenolic OH excluding ortho intramolecular Hbond substituents is 15. The number of aliphatic hydroxyl groups is 21. The molecular formula is C81H94CaKNaO54. The van der Waals surface area contributed by atoms with E-state index < -0.39 is 394 Å². The number of benzene rings is 6. The Bertz CT molecular complexity index is 5350. The standard InChI is InChI=1S/3C27H30O18.Ca.K.Na.4H/c3*28-5-13-17(35)19(37)21(39)26(42-13)44-24-14(6-29)43-27(22(40)20(24)38)45-25-18(36)15-9(31)3-8(30)4-12(15)41-23(25)7-1-10(32)16(34)11(33)2-7;;;;;;;/h3*1-4,13-14,17,19-22,24,26-35,37-40H,5-6H2;;;;;;;/q;;;+2;2*+1;4*-1/t3*13-,14-,17+,19+,20-,21-,22-,24-,26+,27+;;;;;;;/m111......./s1. The molecule has 0 bridgehead atoms. The summed E-state index contributed by atoms with van der Waals surface area (Å²) in [5.74, 6) is -15.8. The minimum absolute atomic E-state index is 0. The number of ether oxygens (including phenoxy) is 12. The number of rotatable bonds is 21. The maximum atomic E-state index is 13.6. The molecule has 30 atom stereocenters. The van der Waals surface area contributed by atoms with Crippen LogP contribution in [0.25, 0.3) is 66.9 Å². The van der Waals surface area contributed by atoms with Gasteiger partial charge >= 0.3 is 119 Å². The molecule has 9 aromatic rings. The van der Waals surface area contributed by atoms with Crippen LogP contribution in [0.5, 0.6) is 103 Å². The summed E-state index contributed by atoms with van der Waals surface area (Å²) in [6.07, 6.45) is -54.1. The van der Waals surface area contributed by atoms with Crippen LogP contribution in [0.4, 0.5) is 0 Å². The van der Waals surface area contributed by atoms with E-state index in [0.29, 0.717) is 0 Å². The maximum Gasteiger partial charge on any atom is 2.00 e. The van der Waals surface area contributed by atoms with Crippen molar-refractivity contribution in [2.75, 3.05) is 39.6 Å². The van der Waals surface area contributed by atoms with Gasteiger partial charge in [-0.15, -0.1) is 0 Å². The number of aliphatic hydroxyl groups excluding tert-OH is 21. The SMILES string of the molecule is O=c1c(O[C@@H]2O[C@H](CO)[C@@H](O[C@@H]3O[C@H](CO)[C@H](O)[C@H](O)[C@H]3O)[C@H](O)[C@H]2O)c(-c2cc(O)c(O)c(O)c2)oc2cc(O)cc(O)c12.O=c1c(O[C@@H]2O[C@H](CO)[C@@H](O[C@@H]3O[C@H](CO)[C@H](O)[C@H](O)[C@H]3O)[C@H](O)[C@H]2O)c(-c2cc(O)c(O)c(O)c2)oc2cc(O)cc(O)c12.O=c1c(O[C@@H]2O[C@H](CO)[C@@H](O[C@@H]3O[C@H](CO)[C@H](O)[C@H](O)[C@H]3O)[C@H](O)[C@H]2O)c(-c2cc(O)c(O)c(O)c2)oc2cc(O)cc(O)c12.[Ca+2].[H-].[H-].[H-].[H-].[K+].[Na+]. The summed E-state index contributed by atoms with van der Waals surface area (Å²) in [4.78, 5) is 40.8. The third-order valence-electron chi connectivity index (χ3n) is 22.3. The summed E-state index contributed by atoms with van der Waals surface area (Å²) in [7, 11) is 0. The Morgan fingerprint density at radius 3 is 0.652 bits per heavy atom. The Balaban J connectivity index is 0.000000318. The molecule has 0 aliphatic carbocycles. The molecule has 0 saturated carbocycles. The van der Waals surface area contributed by atoms with Gasteiger partial charge in [-0.2, -0.15) is 0 Å². The predicted molar refractivity (Wildman–Crippen MR) is 440 cm³/mol. The first-order chi connectivity index (χ1) is 63.8. The van der Waals surface area contributed by atoms with Crippen LogP contribution in [0.3, 0.4) is 0 Å². The van der Waals surface area contributed by atoms with Crippen LogP contribution in [-0.4, -0.2) is 445 Å². The second kappa shape index (κ2) is 46.2. The van der Waals surface area contributed by atoms with Crippen molar-refractivity contribution in [2.45, 2.75) is 184 Å². The van der Waals surface area contributed by atoms with Gasteiger partial charge in [0.1, 0.15) is 214 Å². The molecule has 0 spiro atoms. The summed E-state index contributed by atoms with van der Waals surface area (Å²) in [6, 6.07) is 10.5. The molecule has 57 heteroatoms. The van der Waals surface area contributed by atoms with Gasteiger partial charge in [-0.25, -0.2) is 0 Å². The van der Waals surface area contributed by atoms with Crippen molar-refractivity contribution in [3.05, 3.63) is 103 Å². The van der Waals surface area contributed by atoms with E-state index in [1.807, 2.05) is 0 Å². The molecule has 6 saturated heterocycles. The smallest absolute Gasteiger partial charge is 1.00 e. The van der Waals surface area contributed by atoms with Gasteiger partial charge in [0.15, 0.2) is 87.9 Å². The largest absolute Gasteiger partial charge is 2.00 e. The molecule has 9 heterocycles. The molecule has 0 unspecified atom stereocenters. The quantitative estimate of drug-likeness (QED) is 0.0235. The molecule has 54 nitrogen and oxygen atoms in total. The predicted octanol–water partition coefficient (Wildman–Crippen LogP) is -15.0. The van der Waals surface area contributed by atoms with E-state index in [4.69, 9.17) is 70.1 Å². The van der Waals surface area contributed by atoms with Crippen LogP contribution in [0.15, 0.2) is 100 Å². The zero-order chi connectivity index (χ0) is 98.7. The van der Waals surface area contributed by atoms with E-state index in [1.165, 1.54) is 0 Å². The summed E-state index contributed by atoms with van der Waals surface area (Å²) in [6.45, 7) is -5.16. The zero-order valence-electron chi connectivity index (χ0n) is 75.1. The normalized spacial score (nSPS) is 31.4. The second-order valence-electron chi connectivity index (χ2n) is 31.2. The molecule has 6 fully saturated rings. The molecule has 0 amide bonds. The van der Waals surface area contributed by atoms with Crippen molar-refractivity contribution in [3.8, 4) is 137 Å². The third-order valence-corrected chi connectivity index (χ3v) is 22.3. The van der Waals surface area contributed by atoms with Gasteiger partial charge < -0.3 is 260 Å². The van der Waals surface area contributed by atoms with Crippen LogP contribution >= 0.6 is 0 Å². The number of fused-ring (bicyclic) bond motifs is 3. The van der Waals surface area contributed by atoms with Crippen LogP contribution < -0.4 is 111 Å². The first-order valence-corrected chi connectivity index (χ1v) is 39.9. The molecule has 3 aromatic heterocycles. The van der Waals surface area contributed by atoms with Gasteiger partial charge in [0.25, 0.3) is 0 Å². The molecule has 15 rings (SSSR count).